The maximum absolute atomic E-state index is 8.82. The van der Waals surface area contributed by atoms with Crippen molar-refractivity contribution < 1.29 is 5.21 Å². The smallest absolute Gasteiger partial charge is 0.0472 e. The fraction of sp³-hybridized carbons (Fsp3) is 0.786. The quantitative estimate of drug-likeness (QED) is 0.310. The Balaban J connectivity index is 2.29. The van der Waals surface area contributed by atoms with Crippen LogP contribution in [0, 0.1) is 23.2 Å². The first-order chi connectivity index (χ1) is 7.59. The van der Waals surface area contributed by atoms with Crippen LogP contribution in [0.4, 0.5) is 0 Å². The molecule has 2 aliphatic rings. The zero-order valence-corrected chi connectivity index (χ0v) is 10.4. The van der Waals surface area contributed by atoms with Gasteiger partial charge in [-0.2, -0.15) is 0 Å². The van der Waals surface area contributed by atoms with E-state index in [2.05, 4.69) is 25.6 Å². The van der Waals surface area contributed by atoms with E-state index in [9.17, 15) is 0 Å². The van der Waals surface area contributed by atoms with Crippen molar-refractivity contribution in [1.29, 1.82) is 0 Å². The molecule has 0 aliphatic heterocycles. The lowest BCUT2D eigenvalue weighted by molar-refractivity contribution is 0.0590. The van der Waals surface area contributed by atoms with E-state index in [0.717, 1.165) is 0 Å². The minimum atomic E-state index is 0.288. The van der Waals surface area contributed by atoms with Gasteiger partial charge in [-0.3, -0.25) is 0 Å². The molecule has 2 nitrogen and oxygen atoms in total. The van der Waals surface area contributed by atoms with Crippen LogP contribution in [0.2, 0.25) is 0 Å². The summed E-state index contributed by atoms with van der Waals surface area (Å²) < 4.78 is 0. The molecular formula is C14H23NO. The Morgan fingerprint density at radius 3 is 2.94 bits per heavy atom. The number of hydrogen-bond acceptors (Lipinski definition) is 2. The second-order valence-corrected chi connectivity index (χ2v) is 5.88. The second-order valence-electron chi connectivity index (χ2n) is 5.88. The summed E-state index contributed by atoms with van der Waals surface area (Å²) in [4.78, 5) is 0. The molecule has 0 radical (unpaired) electrons. The maximum atomic E-state index is 8.82. The lowest BCUT2D eigenvalue weighted by Crippen LogP contribution is -2.44. The Hall–Kier alpha value is -0.790. The van der Waals surface area contributed by atoms with Crippen LogP contribution in [0.1, 0.15) is 46.0 Å². The standard InChI is InChI=1S/C14H23NO/c1-10-7-8-14(3)11(2)5-4-6-13(14)12(10)9-15-16/h9-10,12-13,16H,2,4-8H2,1,3H3/b15-9+/t10-,12+,13-,14-/m0/s1. The number of fused-ring (bicyclic) bond motifs is 1. The number of allylic oxidation sites excluding steroid dienone is 1. The van der Waals surface area contributed by atoms with Crippen molar-refractivity contribution >= 4 is 6.21 Å². The van der Waals surface area contributed by atoms with Crippen LogP contribution < -0.4 is 0 Å². The molecule has 0 unspecified atom stereocenters. The third-order valence-electron chi connectivity index (χ3n) is 5.10. The van der Waals surface area contributed by atoms with Gasteiger partial charge in [0.25, 0.3) is 0 Å². The summed E-state index contributed by atoms with van der Waals surface area (Å²) in [5.41, 5.74) is 1.71. The van der Waals surface area contributed by atoms with Crippen LogP contribution in [0.25, 0.3) is 0 Å². The van der Waals surface area contributed by atoms with Gasteiger partial charge >= 0.3 is 0 Å². The van der Waals surface area contributed by atoms with Gasteiger partial charge in [0, 0.05) is 12.1 Å². The normalized spacial score (nSPS) is 44.6. The van der Waals surface area contributed by atoms with E-state index in [1.54, 1.807) is 6.21 Å². The molecule has 2 fully saturated rings. The third kappa shape index (κ3) is 1.68. The van der Waals surface area contributed by atoms with Crippen LogP contribution in [-0.4, -0.2) is 11.4 Å². The molecule has 4 atom stereocenters. The van der Waals surface area contributed by atoms with Gasteiger partial charge in [-0.1, -0.05) is 26.0 Å². The Labute approximate surface area is 98.4 Å². The molecule has 2 saturated carbocycles. The first-order valence-electron chi connectivity index (χ1n) is 6.45. The van der Waals surface area contributed by atoms with Crippen LogP contribution in [-0.2, 0) is 0 Å². The molecule has 2 aliphatic carbocycles. The zero-order chi connectivity index (χ0) is 11.8. The highest BCUT2D eigenvalue weighted by atomic mass is 16.4. The van der Waals surface area contributed by atoms with E-state index < -0.39 is 0 Å². The summed E-state index contributed by atoms with van der Waals surface area (Å²) in [5, 5.41) is 12.1. The molecule has 0 spiro atoms. The SMILES string of the molecule is C=C1CCC[C@H]2[C@H](/C=N/O)[C@@H](C)CC[C@@]12C. The number of hydrogen-bond donors (Lipinski definition) is 1. The van der Waals surface area contributed by atoms with Crippen molar-refractivity contribution in [3.63, 3.8) is 0 Å². The van der Waals surface area contributed by atoms with E-state index in [4.69, 9.17) is 5.21 Å². The van der Waals surface area contributed by atoms with E-state index in [0.29, 0.717) is 17.8 Å². The van der Waals surface area contributed by atoms with Gasteiger partial charge in [0.05, 0.1) is 0 Å². The average Bonchev–Trinajstić information content (AvgIpc) is 2.26. The third-order valence-corrected chi connectivity index (χ3v) is 5.10. The number of rotatable bonds is 1. The molecule has 0 aromatic rings. The zero-order valence-electron chi connectivity index (χ0n) is 10.4. The molecule has 90 valence electrons. The van der Waals surface area contributed by atoms with Crippen molar-refractivity contribution in [2.24, 2.45) is 28.3 Å². The molecule has 0 amide bonds. The predicted molar refractivity (Wildman–Crippen MR) is 66.8 cm³/mol. The van der Waals surface area contributed by atoms with E-state index in [1.165, 1.54) is 37.7 Å². The fourth-order valence-corrected chi connectivity index (χ4v) is 3.83. The van der Waals surface area contributed by atoms with E-state index in [-0.39, 0.29) is 5.41 Å². The Kier molecular flexibility index (Phi) is 3.09. The summed E-state index contributed by atoms with van der Waals surface area (Å²) in [6, 6.07) is 0. The molecule has 0 bridgehead atoms. The van der Waals surface area contributed by atoms with Crippen molar-refractivity contribution in [3.05, 3.63) is 12.2 Å². The molecule has 2 rings (SSSR count). The molecule has 2 heteroatoms. The molecule has 0 saturated heterocycles. The molecule has 16 heavy (non-hydrogen) atoms. The monoisotopic (exact) mass is 221 g/mol. The maximum Gasteiger partial charge on any atom is 0.0472 e. The van der Waals surface area contributed by atoms with E-state index in [1.807, 2.05) is 0 Å². The molecule has 1 N–H and O–H groups in total. The molecule has 0 aromatic carbocycles. The summed E-state index contributed by atoms with van der Waals surface area (Å²) in [7, 11) is 0. The van der Waals surface area contributed by atoms with Gasteiger partial charge in [0.2, 0.25) is 0 Å². The molecular weight excluding hydrogens is 198 g/mol. The van der Waals surface area contributed by atoms with Gasteiger partial charge < -0.3 is 5.21 Å². The highest BCUT2D eigenvalue weighted by Gasteiger charge is 2.47. The average molecular weight is 221 g/mol. The molecule has 0 aromatic heterocycles. The Morgan fingerprint density at radius 2 is 2.25 bits per heavy atom. The predicted octanol–water partition coefficient (Wildman–Crippen LogP) is 3.86. The highest BCUT2D eigenvalue weighted by Crippen LogP contribution is 2.55. The second kappa shape index (κ2) is 4.23. The topological polar surface area (TPSA) is 32.6 Å². The van der Waals surface area contributed by atoms with Crippen molar-refractivity contribution in [2.75, 3.05) is 0 Å². The first-order valence-corrected chi connectivity index (χ1v) is 6.45. The first kappa shape index (κ1) is 11.7. The summed E-state index contributed by atoms with van der Waals surface area (Å²) in [6.45, 7) is 8.93. The molecule has 0 heterocycles. The minimum Gasteiger partial charge on any atom is -0.411 e. The summed E-state index contributed by atoms with van der Waals surface area (Å²) in [6.07, 6.45) is 7.95. The lowest BCUT2D eigenvalue weighted by atomic mass is 9.53. The van der Waals surface area contributed by atoms with Crippen LogP contribution in [0.5, 0.6) is 0 Å². The van der Waals surface area contributed by atoms with Crippen molar-refractivity contribution in [2.45, 2.75) is 46.0 Å². The van der Waals surface area contributed by atoms with Gasteiger partial charge in [-0.15, -0.1) is 5.16 Å². The fourth-order valence-electron chi connectivity index (χ4n) is 3.83. The van der Waals surface area contributed by atoms with Crippen LogP contribution in [0.15, 0.2) is 17.3 Å². The summed E-state index contributed by atoms with van der Waals surface area (Å²) >= 11 is 0. The van der Waals surface area contributed by atoms with Gasteiger partial charge in [-0.05, 0) is 49.4 Å². The van der Waals surface area contributed by atoms with Gasteiger partial charge in [0.1, 0.15) is 0 Å². The van der Waals surface area contributed by atoms with Gasteiger partial charge in [-0.25, -0.2) is 0 Å². The number of oxime groups is 1. The van der Waals surface area contributed by atoms with Crippen LogP contribution in [0.3, 0.4) is 0 Å². The van der Waals surface area contributed by atoms with Crippen molar-refractivity contribution in [3.8, 4) is 0 Å². The summed E-state index contributed by atoms with van der Waals surface area (Å²) in [5.74, 6) is 1.70. The number of nitrogens with zero attached hydrogens (tertiary/aromatic N) is 1. The highest BCUT2D eigenvalue weighted by molar-refractivity contribution is 5.61. The van der Waals surface area contributed by atoms with E-state index >= 15 is 0 Å². The Bertz CT molecular complexity index is 310. The largest absolute Gasteiger partial charge is 0.411 e. The Morgan fingerprint density at radius 1 is 1.50 bits per heavy atom. The van der Waals surface area contributed by atoms with Crippen LogP contribution >= 0.6 is 0 Å². The lowest BCUT2D eigenvalue weighted by Gasteiger charge is -2.51. The van der Waals surface area contributed by atoms with Gasteiger partial charge in [0.15, 0.2) is 0 Å². The minimum absolute atomic E-state index is 0.288. The van der Waals surface area contributed by atoms with Crippen molar-refractivity contribution in [1.82, 2.24) is 0 Å².